The molecule has 5 unspecified atom stereocenters. The van der Waals surface area contributed by atoms with Gasteiger partial charge in [0.1, 0.15) is 0 Å². The van der Waals surface area contributed by atoms with Crippen LogP contribution in [0.2, 0.25) is 0 Å². The predicted octanol–water partition coefficient (Wildman–Crippen LogP) is 2.89. The van der Waals surface area contributed by atoms with Crippen LogP contribution in [0.3, 0.4) is 0 Å². The fourth-order valence-electron chi connectivity index (χ4n) is 4.57. The first-order valence-corrected chi connectivity index (χ1v) is 8.09. The average molecular weight is 250 g/mol. The molecule has 1 saturated heterocycles. The molecule has 1 aliphatic heterocycles. The Labute approximate surface area is 113 Å². The highest BCUT2D eigenvalue weighted by Gasteiger charge is 2.42. The van der Waals surface area contributed by atoms with E-state index in [0.717, 1.165) is 23.8 Å². The fourth-order valence-corrected chi connectivity index (χ4v) is 4.57. The highest BCUT2D eigenvalue weighted by atomic mass is 15.2. The molecule has 1 heterocycles. The molecular formula is C16H30N2. The molecular weight excluding hydrogens is 220 g/mol. The predicted molar refractivity (Wildman–Crippen MR) is 76.7 cm³/mol. The van der Waals surface area contributed by atoms with Crippen LogP contribution in [0.25, 0.3) is 0 Å². The molecule has 0 amide bonds. The van der Waals surface area contributed by atoms with E-state index < -0.39 is 0 Å². The molecule has 5 atom stereocenters. The average Bonchev–Trinajstić information content (AvgIpc) is 2.96. The first kappa shape index (κ1) is 12.9. The summed E-state index contributed by atoms with van der Waals surface area (Å²) in [5.74, 6) is 3.19. The lowest BCUT2D eigenvalue weighted by Gasteiger charge is -2.46. The zero-order valence-electron chi connectivity index (χ0n) is 12.4. The molecule has 0 aromatic carbocycles. The molecule has 2 nitrogen and oxygen atoms in total. The number of hydrogen-bond donors (Lipinski definition) is 1. The van der Waals surface area contributed by atoms with Crippen LogP contribution < -0.4 is 5.32 Å². The Kier molecular flexibility index (Phi) is 3.44. The molecule has 0 aromatic heterocycles. The summed E-state index contributed by atoms with van der Waals surface area (Å²) in [4.78, 5) is 2.78. The van der Waals surface area contributed by atoms with Crippen molar-refractivity contribution in [1.82, 2.24) is 10.2 Å². The van der Waals surface area contributed by atoms with Crippen LogP contribution in [-0.4, -0.2) is 36.1 Å². The molecule has 104 valence electrons. The summed E-state index contributed by atoms with van der Waals surface area (Å²) in [6.07, 6.45) is 7.39. The van der Waals surface area contributed by atoms with Crippen LogP contribution in [0, 0.1) is 17.8 Å². The van der Waals surface area contributed by atoms with Crippen LogP contribution in [0.15, 0.2) is 0 Å². The molecule has 2 bridgehead atoms. The minimum Gasteiger partial charge on any atom is -0.309 e. The van der Waals surface area contributed by atoms with Gasteiger partial charge in [0.15, 0.2) is 0 Å². The summed E-state index contributed by atoms with van der Waals surface area (Å²) < 4.78 is 0. The van der Waals surface area contributed by atoms with E-state index >= 15 is 0 Å². The number of nitrogens with zero attached hydrogens (tertiary/aromatic N) is 1. The Morgan fingerprint density at radius 1 is 1.28 bits per heavy atom. The van der Waals surface area contributed by atoms with Crippen molar-refractivity contribution in [1.29, 1.82) is 0 Å². The maximum absolute atomic E-state index is 3.74. The van der Waals surface area contributed by atoms with E-state index in [1.807, 2.05) is 0 Å². The smallest absolute Gasteiger partial charge is 0.0278 e. The van der Waals surface area contributed by atoms with E-state index in [2.05, 4.69) is 31.0 Å². The topological polar surface area (TPSA) is 15.3 Å². The van der Waals surface area contributed by atoms with E-state index in [4.69, 9.17) is 0 Å². The lowest BCUT2D eigenvalue weighted by atomic mass is 9.86. The monoisotopic (exact) mass is 250 g/mol. The fraction of sp³-hybridized carbons (Fsp3) is 1.00. The summed E-state index contributed by atoms with van der Waals surface area (Å²) in [5.41, 5.74) is 0.351. The highest BCUT2D eigenvalue weighted by molar-refractivity contribution is 4.96. The second-order valence-corrected chi connectivity index (χ2v) is 7.51. The maximum atomic E-state index is 3.74. The van der Waals surface area contributed by atoms with Crippen LogP contribution >= 0.6 is 0 Å². The van der Waals surface area contributed by atoms with Crippen molar-refractivity contribution in [3.8, 4) is 0 Å². The minimum atomic E-state index is 0.351. The van der Waals surface area contributed by atoms with Gasteiger partial charge in [-0.05, 0) is 57.3 Å². The van der Waals surface area contributed by atoms with Gasteiger partial charge in [0, 0.05) is 31.2 Å². The molecule has 3 fully saturated rings. The van der Waals surface area contributed by atoms with Crippen molar-refractivity contribution >= 4 is 0 Å². The molecule has 0 aromatic rings. The van der Waals surface area contributed by atoms with Gasteiger partial charge in [-0.3, -0.25) is 4.90 Å². The second-order valence-electron chi connectivity index (χ2n) is 7.51. The molecule has 3 rings (SSSR count). The molecule has 0 radical (unpaired) electrons. The number of nitrogens with one attached hydrogen (secondary N) is 1. The van der Waals surface area contributed by atoms with Crippen molar-refractivity contribution in [2.24, 2.45) is 17.8 Å². The third-order valence-electron chi connectivity index (χ3n) is 6.13. The van der Waals surface area contributed by atoms with E-state index in [0.29, 0.717) is 5.54 Å². The first-order chi connectivity index (χ1) is 8.59. The third kappa shape index (κ3) is 2.34. The maximum Gasteiger partial charge on any atom is 0.0278 e. The normalized spacial score (nSPS) is 48.8. The van der Waals surface area contributed by atoms with Crippen molar-refractivity contribution in [3.05, 3.63) is 0 Å². The summed E-state index contributed by atoms with van der Waals surface area (Å²) in [6.45, 7) is 10.9. The first-order valence-electron chi connectivity index (χ1n) is 8.09. The molecule has 2 aliphatic carbocycles. The van der Waals surface area contributed by atoms with Crippen molar-refractivity contribution in [3.63, 3.8) is 0 Å². The summed E-state index contributed by atoms with van der Waals surface area (Å²) in [5, 5.41) is 3.74. The van der Waals surface area contributed by atoms with Crippen molar-refractivity contribution in [2.75, 3.05) is 19.6 Å². The highest BCUT2D eigenvalue weighted by Crippen LogP contribution is 2.48. The number of fused-ring (bicyclic) bond motifs is 2. The van der Waals surface area contributed by atoms with Gasteiger partial charge in [0.2, 0.25) is 0 Å². The van der Waals surface area contributed by atoms with Crippen LogP contribution in [0.4, 0.5) is 0 Å². The molecule has 0 spiro atoms. The lowest BCUT2D eigenvalue weighted by molar-refractivity contribution is 0.0676. The number of hydrogen-bond acceptors (Lipinski definition) is 2. The molecule has 18 heavy (non-hydrogen) atoms. The van der Waals surface area contributed by atoms with Crippen molar-refractivity contribution < 1.29 is 0 Å². The van der Waals surface area contributed by atoms with Gasteiger partial charge in [-0.25, -0.2) is 0 Å². The number of piperazine rings is 1. The summed E-state index contributed by atoms with van der Waals surface area (Å²) in [6, 6.07) is 0.726. The molecule has 2 heteroatoms. The Bertz CT molecular complexity index is 303. The minimum absolute atomic E-state index is 0.351. The van der Waals surface area contributed by atoms with Crippen LogP contribution in [0.1, 0.15) is 52.9 Å². The van der Waals surface area contributed by atoms with Gasteiger partial charge in [0.05, 0.1) is 0 Å². The van der Waals surface area contributed by atoms with E-state index in [9.17, 15) is 0 Å². The van der Waals surface area contributed by atoms with Crippen LogP contribution in [0.5, 0.6) is 0 Å². The van der Waals surface area contributed by atoms with Gasteiger partial charge in [0.25, 0.3) is 0 Å². The SMILES string of the molecule is CCC1(C)CN(CC2CC3CCC2C3)C(C)CN1. The third-order valence-corrected chi connectivity index (χ3v) is 6.13. The zero-order valence-corrected chi connectivity index (χ0v) is 12.4. The Balaban J connectivity index is 1.60. The van der Waals surface area contributed by atoms with Crippen molar-refractivity contribution in [2.45, 2.75) is 64.5 Å². The second kappa shape index (κ2) is 4.79. The molecule has 2 saturated carbocycles. The lowest BCUT2D eigenvalue weighted by Crippen LogP contribution is -2.62. The van der Waals surface area contributed by atoms with Gasteiger partial charge in [-0.15, -0.1) is 0 Å². The van der Waals surface area contributed by atoms with Gasteiger partial charge in [-0.2, -0.15) is 0 Å². The van der Waals surface area contributed by atoms with Gasteiger partial charge >= 0.3 is 0 Å². The Hall–Kier alpha value is -0.0800. The summed E-state index contributed by atoms with van der Waals surface area (Å²) >= 11 is 0. The van der Waals surface area contributed by atoms with Crippen LogP contribution in [-0.2, 0) is 0 Å². The number of rotatable bonds is 3. The quantitative estimate of drug-likeness (QED) is 0.828. The van der Waals surface area contributed by atoms with E-state index in [1.165, 1.54) is 45.3 Å². The molecule has 1 N–H and O–H groups in total. The standard InChI is InChI=1S/C16H30N2/c1-4-16(3)11-18(12(2)9-17-16)10-15-8-13-5-6-14(15)7-13/h12-15,17H,4-11H2,1-3H3. The summed E-state index contributed by atoms with van der Waals surface area (Å²) in [7, 11) is 0. The zero-order chi connectivity index (χ0) is 12.8. The molecule has 3 aliphatic rings. The van der Waals surface area contributed by atoms with Gasteiger partial charge < -0.3 is 5.32 Å². The Morgan fingerprint density at radius 2 is 2.11 bits per heavy atom. The van der Waals surface area contributed by atoms with E-state index in [-0.39, 0.29) is 0 Å². The van der Waals surface area contributed by atoms with Gasteiger partial charge in [-0.1, -0.05) is 13.3 Å². The Morgan fingerprint density at radius 3 is 2.72 bits per heavy atom. The largest absolute Gasteiger partial charge is 0.309 e. The van der Waals surface area contributed by atoms with E-state index in [1.54, 1.807) is 6.42 Å².